The Morgan fingerprint density at radius 1 is 1.00 bits per heavy atom. The molecule has 1 N–H and O–H groups in total. The summed E-state index contributed by atoms with van der Waals surface area (Å²) < 4.78 is 33.2. The lowest BCUT2D eigenvalue weighted by atomic mass is 10.1. The van der Waals surface area contributed by atoms with Gasteiger partial charge in [-0.15, -0.1) is 11.3 Å². The number of carbonyl (C=O) groups excluding carboxylic acids is 1. The first-order valence-electron chi connectivity index (χ1n) is 7.83. The number of anilines is 1. The predicted octanol–water partition coefficient (Wildman–Crippen LogP) is 4.45. The average Bonchev–Trinajstić information content (AvgIpc) is 2.92. The average molecular weight is 387 g/mol. The van der Waals surface area contributed by atoms with Crippen molar-refractivity contribution in [1.82, 2.24) is 0 Å². The van der Waals surface area contributed by atoms with Crippen LogP contribution in [0.5, 0.6) is 5.75 Å². The van der Waals surface area contributed by atoms with Crippen LogP contribution >= 0.6 is 11.3 Å². The highest BCUT2D eigenvalue weighted by Gasteiger charge is 2.23. The largest absolute Gasteiger partial charge is 0.423 e. The van der Waals surface area contributed by atoms with E-state index in [1.165, 1.54) is 30.4 Å². The quantitative estimate of drug-likeness (QED) is 0.657. The van der Waals surface area contributed by atoms with E-state index in [0.29, 0.717) is 5.56 Å². The maximum absolute atomic E-state index is 12.7. The fourth-order valence-electron chi connectivity index (χ4n) is 2.48. The molecule has 0 spiro atoms. The van der Waals surface area contributed by atoms with Crippen molar-refractivity contribution in [2.24, 2.45) is 0 Å². The zero-order chi connectivity index (χ0) is 18.7. The van der Waals surface area contributed by atoms with E-state index >= 15 is 0 Å². The first kappa shape index (κ1) is 18.2. The smallest absolute Gasteiger partial charge is 0.308 e. The number of benzene rings is 2. The van der Waals surface area contributed by atoms with Crippen LogP contribution in [0.25, 0.3) is 10.4 Å². The zero-order valence-corrected chi connectivity index (χ0v) is 15.9. The van der Waals surface area contributed by atoms with Crippen molar-refractivity contribution in [2.45, 2.75) is 18.7 Å². The van der Waals surface area contributed by atoms with Gasteiger partial charge in [-0.05, 0) is 24.6 Å². The van der Waals surface area contributed by atoms with Crippen LogP contribution in [0.2, 0.25) is 0 Å². The number of nitrogens with one attached hydrogen (secondary N) is 1. The molecule has 3 aromatic rings. The fourth-order valence-corrected chi connectivity index (χ4v) is 4.93. The topological polar surface area (TPSA) is 72.5 Å². The third kappa shape index (κ3) is 3.79. The van der Waals surface area contributed by atoms with Crippen LogP contribution in [-0.2, 0) is 14.8 Å². The molecule has 0 saturated carbocycles. The van der Waals surface area contributed by atoms with E-state index in [1.54, 1.807) is 25.1 Å². The highest BCUT2D eigenvalue weighted by Crippen LogP contribution is 2.45. The Morgan fingerprint density at radius 2 is 1.58 bits per heavy atom. The minimum absolute atomic E-state index is 0.140. The van der Waals surface area contributed by atoms with Crippen molar-refractivity contribution < 1.29 is 17.9 Å². The molecule has 0 bridgehead atoms. The summed E-state index contributed by atoms with van der Waals surface area (Å²) in [6.45, 7) is 3.09. The van der Waals surface area contributed by atoms with Gasteiger partial charge in [0.15, 0.2) is 5.75 Å². The molecular formula is C19H17NO4S2. The normalized spacial score (nSPS) is 11.2. The SMILES string of the molecule is CC(=O)Oc1c(NS(=O)(=O)c2ccccc2)sc(-c2ccccc2)c1C. The van der Waals surface area contributed by atoms with Crippen LogP contribution in [-0.4, -0.2) is 14.4 Å². The van der Waals surface area contributed by atoms with Crippen molar-refractivity contribution >= 4 is 32.3 Å². The highest BCUT2D eigenvalue weighted by atomic mass is 32.2. The molecule has 2 aromatic carbocycles. The Labute approximate surface area is 156 Å². The molecule has 0 aliphatic rings. The van der Waals surface area contributed by atoms with Crippen molar-refractivity contribution in [3.8, 4) is 16.2 Å². The maximum atomic E-state index is 12.7. The van der Waals surface area contributed by atoms with Crippen LogP contribution in [0.4, 0.5) is 5.00 Å². The van der Waals surface area contributed by atoms with Crippen LogP contribution in [0.15, 0.2) is 65.6 Å². The molecule has 0 radical (unpaired) electrons. The number of hydrogen-bond acceptors (Lipinski definition) is 5. The maximum Gasteiger partial charge on any atom is 0.308 e. The second kappa shape index (κ2) is 7.31. The summed E-state index contributed by atoms with van der Waals surface area (Å²) >= 11 is 1.24. The van der Waals surface area contributed by atoms with Gasteiger partial charge in [-0.3, -0.25) is 9.52 Å². The lowest BCUT2D eigenvalue weighted by Crippen LogP contribution is -2.13. The number of sulfonamides is 1. The van der Waals surface area contributed by atoms with Gasteiger partial charge >= 0.3 is 5.97 Å². The monoisotopic (exact) mass is 387 g/mol. The van der Waals surface area contributed by atoms with E-state index < -0.39 is 16.0 Å². The van der Waals surface area contributed by atoms with Crippen LogP contribution in [0.3, 0.4) is 0 Å². The van der Waals surface area contributed by atoms with Gasteiger partial charge in [-0.1, -0.05) is 48.5 Å². The third-order valence-electron chi connectivity index (χ3n) is 3.65. The van der Waals surface area contributed by atoms with Gasteiger partial charge in [0.1, 0.15) is 5.00 Å². The molecule has 1 aromatic heterocycles. The lowest BCUT2D eigenvalue weighted by Gasteiger charge is -2.08. The Bertz CT molecular complexity index is 1030. The number of hydrogen-bond donors (Lipinski definition) is 1. The van der Waals surface area contributed by atoms with Gasteiger partial charge in [0.05, 0.1) is 4.90 Å². The lowest BCUT2D eigenvalue weighted by molar-refractivity contribution is -0.131. The Morgan fingerprint density at radius 3 is 2.15 bits per heavy atom. The molecule has 0 fully saturated rings. The van der Waals surface area contributed by atoms with E-state index in [9.17, 15) is 13.2 Å². The molecule has 0 amide bonds. The molecule has 0 saturated heterocycles. The van der Waals surface area contributed by atoms with Gasteiger partial charge in [0.25, 0.3) is 10.0 Å². The van der Waals surface area contributed by atoms with Crippen LogP contribution in [0.1, 0.15) is 12.5 Å². The minimum Gasteiger partial charge on any atom is -0.423 e. The summed E-state index contributed by atoms with van der Waals surface area (Å²) in [5.41, 5.74) is 1.63. The summed E-state index contributed by atoms with van der Waals surface area (Å²) in [6, 6.07) is 17.6. The molecule has 134 valence electrons. The third-order valence-corrected chi connectivity index (χ3v) is 6.39. The molecular weight excluding hydrogens is 370 g/mol. The number of esters is 1. The van der Waals surface area contributed by atoms with Crippen molar-refractivity contribution in [3.63, 3.8) is 0 Å². The first-order chi connectivity index (χ1) is 12.4. The molecule has 1 heterocycles. The van der Waals surface area contributed by atoms with E-state index in [4.69, 9.17) is 4.74 Å². The number of thiophene rings is 1. The second-order valence-corrected chi connectivity index (χ2v) is 8.30. The zero-order valence-electron chi connectivity index (χ0n) is 14.2. The molecule has 0 aliphatic carbocycles. The van der Waals surface area contributed by atoms with E-state index in [2.05, 4.69) is 4.72 Å². The fraction of sp³-hybridized carbons (Fsp3) is 0.105. The number of ether oxygens (including phenoxy) is 1. The van der Waals surface area contributed by atoms with E-state index in [1.807, 2.05) is 30.3 Å². The van der Waals surface area contributed by atoms with Crippen molar-refractivity contribution in [2.75, 3.05) is 4.72 Å². The molecule has 0 unspecified atom stereocenters. The van der Waals surface area contributed by atoms with Crippen LogP contribution < -0.4 is 9.46 Å². The van der Waals surface area contributed by atoms with Crippen molar-refractivity contribution in [1.29, 1.82) is 0 Å². The summed E-state index contributed by atoms with van der Waals surface area (Å²) in [5, 5.41) is 0.278. The number of carbonyl (C=O) groups is 1. The molecule has 0 atom stereocenters. The molecule has 26 heavy (non-hydrogen) atoms. The van der Waals surface area contributed by atoms with Crippen molar-refractivity contribution in [3.05, 3.63) is 66.2 Å². The standard InChI is InChI=1S/C19H17NO4S2/c1-13-17(24-14(2)21)19(25-18(13)15-9-5-3-6-10-15)20-26(22,23)16-11-7-4-8-12-16/h3-12,20H,1-2H3. The van der Waals surface area contributed by atoms with E-state index in [-0.39, 0.29) is 15.6 Å². The van der Waals surface area contributed by atoms with E-state index in [0.717, 1.165) is 10.4 Å². The molecule has 7 heteroatoms. The van der Waals surface area contributed by atoms with Gasteiger partial charge in [-0.2, -0.15) is 0 Å². The highest BCUT2D eigenvalue weighted by molar-refractivity contribution is 7.93. The predicted molar refractivity (Wildman–Crippen MR) is 103 cm³/mol. The number of rotatable bonds is 5. The second-order valence-electron chi connectivity index (χ2n) is 5.59. The summed E-state index contributed by atoms with van der Waals surface area (Å²) in [6.07, 6.45) is 0. The van der Waals surface area contributed by atoms with Crippen LogP contribution in [0, 0.1) is 6.92 Å². The molecule has 5 nitrogen and oxygen atoms in total. The Balaban J connectivity index is 2.07. The van der Waals surface area contributed by atoms with Gasteiger partial charge < -0.3 is 4.74 Å². The minimum atomic E-state index is -3.79. The summed E-state index contributed by atoms with van der Waals surface area (Å²) in [7, 11) is -3.79. The van der Waals surface area contributed by atoms with Gasteiger partial charge in [0.2, 0.25) is 0 Å². The van der Waals surface area contributed by atoms with Gasteiger partial charge in [0, 0.05) is 17.4 Å². The first-order valence-corrected chi connectivity index (χ1v) is 10.1. The Hall–Kier alpha value is -2.64. The molecule has 0 aliphatic heterocycles. The summed E-state index contributed by atoms with van der Waals surface area (Å²) in [4.78, 5) is 12.5. The molecule has 3 rings (SSSR count). The van der Waals surface area contributed by atoms with Gasteiger partial charge in [-0.25, -0.2) is 8.42 Å². The summed E-state index contributed by atoms with van der Waals surface area (Å²) in [5.74, 6) is -0.272. The Kier molecular flexibility index (Phi) is 5.11.